The van der Waals surface area contributed by atoms with E-state index in [2.05, 4.69) is 53.4 Å². The lowest BCUT2D eigenvalue weighted by atomic mass is 10.0. The van der Waals surface area contributed by atoms with Gasteiger partial charge in [-0.05, 0) is 68.6 Å². The van der Waals surface area contributed by atoms with E-state index in [4.69, 9.17) is 4.98 Å². The van der Waals surface area contributed by atoms with Crippen molar-refractivity contribution in [3.05, 3.63) is 59.0 Å². The molecule has 1 amide bonds. The van der Waals surface area contributed by atoms with E-state index < -0.39 is 0 Å². The molecule has 0 saturated carbocycles. The summed E-state index contributed by atoms with van der Waals surface area (Å²) in [5.41, 5.74) is 6.50. The molecule has 5 nitrogen and oxygen atoms in total. The predicted molar refractivity (Wildman–Crippen MR) is 146 cm³/mol. The minimum atomic E-state index is 0.0457. The molecule has 0 aliphatic heterocycles. The van der Waals surface area contributed by atoms with Crippen LogP contribution in [0.4, 0.5) is 0 Å². The Bertz CT molecular complexity index is 1340. The second-order valence-electron chi connectivity index (χ2n) is 9.39. The van der Waals surface area contributed by atoms with Crippen LogP contribution in [0.25, 0.3) is 20.4 Å². The first-order chi connectivity index (χ1) is 17.1. The van der Waals surface area contributed by atoms with Crippen LogP contribution < -0.4 is 5.32 Å². The van der Waals surface area contributed by atoms with Crippen LogP contribution in [-0.4, -0.2) is 32.7 Å². The standard InChI is InChI=1S/C28H32N4OS2/c1-3-4-13-22-20-11-8-12-21(20)24-25-26(35-27(24)32-22)28(30-17-29-25)34-16-23(33)31-18(2)14-15-19-9-6-5-7-10-19/h5-7,9-10,17-18H,3-4,8,11-16H2,1-2H3,(H,31,33)/t18-/m0/s1. The maximum atomic E-state index is 12.7. The van der Waals surface area contributed by atoms with E-state index in [0.29, 0.717) is 5.75 Å². The Morgan fingerprint density at radius 3 is 2.80 bits per heavy atom. The van der Waals surface area contributed by atoms with Crippen LogP contribution in [0, 0.1) is 0 Å². The van der Waals surface area contributed by atoms with Crippen molar-refractivity contribution in [2.45, 2.75) is 76.3 Å². The summed E-state index contributed by atoms with van der Waals surface area (Å²) in [5, 5.41) is 5.25. The van der Waals surface area contributed by atoms with Gasteiger partial charge in [0.2, 0.25) is 5.91 Å². The van der Waals surface area contributed by atoms with Gasteiger partial charge in [0.25, 0.3) is 0 Å². The third-order valence-electron chi connectivity index (χ3n) is 6.75. The quantitative estimate of drug-likeness (QED) is 0.203. The summed E-state index contributed by atoms with van der Waals surface area (Å²) in [4.78, 5) is 28.1. The van der Waals surface area contributed by atoms with Gasteiger partial charge in [0, 0.05) is 17.1 Å². The molecule has 1 atom stereocenters. The second-order valence-corrected chi connectivity index (χ2v) is 11.4. The van der Waals surface area contributed by atoms with Gasteiger partial charge >= 0.3 is 0 Å². The van der Waals surface area contributed by atoms with Crippen molar-refractivity contribution in [2.24, 2.45) is 0 Å². The van der Waals surface area contributed by atoms with E-state index in [-0.39, 0.29) is 11.9 Å². The number of carbonyl (C=O) groups is 1. The molecule has 0 saturated heterocycles. The number of nitrogens with one attached hydrogen (secondary N) is 1. The molecule has 3 aromatic heterocycles. The van der Waals surface area contributed by atoms with Gasteiger partial charge in [-0.1, -0.05) is 55.4 Å². The number of hydrogen-bond acceptors (Lipinski definition) is 6. The molecule has 5 rings (SSSR count). The average molecular weight is 505 g/mol. The fourth-order valence-corrected chi connectivity index (χ4v) is 7.02. The van der Waals surface area contributed by atoms with Crippen molar-refractivity contribution in [3.63, 3.8) is 0 Å². The van der Waals surface area contributed by atoms with Crippen LogP contribution in [0.2, 0.25) is 0 Å². The fourth-order valence-electron chi connectivity index (χ4n) is 4.96. The summed E-state index contributed by atoms with van der Waals surface area (Å²) in [6.45, 7) is 4.31. The predicted octanol–water partition coefficient (Wildman–Crippen LogP) is 6.30. The fraction of sp³-hybridized carbons (Fsp3) is 0.429. The van der Waals surface area contributed by atoms with E-state index in [0.717, 1.165) is 52.2 Å². The maximum absolute atomic E-state index is 12.7. The summed E-state index contributed by atoms with van der Waals surface area (Å²) in [5.74, 6) is 0.396. The van der Waals surface area contributed by atoms with Gasteiger partial charge in [-0.2, -0.15) is 0 Å². The number of nitrogens with zero attached hydrogens (tertiary/aromatic N) is 3. The van der Waals surface area contributed by atoms with Gasteiger partial charge in [-0.25, -0.2) is 15.0 Å². The molecule has 1 N–H and O–H groups in total. The highest BCUT2D eigenvalue weighted by atomic mass is 32.2. The molecule has 4 aromatic rings. The molecule has 182 valence electrons. The molecule has 1 aliphatic carbocycles. The van der Waals surface area contributed by atoms with Crippen molar-refractivity contribution in [3.8, 4) is 0 Å². The van der Waals surface area contributed by atoms with Gasteiger partial charge in [-0.15, -0.1) is 11.3 Å². The van der Waals surface area contributed by atoms with Crippen LogP contribution in [-0.2, 0) is 30.5 Å². The molecular weight excluding hydrogens is 472 g/mol. The molecule has 7 heteroatoms. The number of amides is 1. The largest absolute Gasteiger partial charge is 0.353 e. The zero-order valence-corrected chi connectivity index (χ0v) is 22.1. The molecule has 0 bridgehead atoms. The van der Waals surface area contributed by atoms with Crippen molar-refractivity contribution < 1.29 is 4.79 Å². The number of rotatable bonds is 10. The van der Waals surface area contributed by atoms with Crippen molar-refractivity contribution in [1.82, 2.24) is 20.3 Å². The molecule has 3 heterocycles. The van der Waals surface area contributed by atoms with Gasteiger partial charge < -0.3 is 5.32 Å². The van der Waals surface area contributed by atoms with Gasteiger partial charge in [0.05, 0.1) is 16.0 Å². The Balaban J connectivity index is 1.30. The van der Waals surface area contributed by atoms with Crippen LogP contribution >= 0.6 is 23.1 Å². The Kier molecular flexibility index (Phi) is 7.63. The molecule has 0 unspecified atom stereocenters. The molecule has 0 fully saturated rings. The molecule has 1 aromatic carbocycles. The molecule has 1 aliphatic rings. The van der Waals surface area contributed by atoms with E-state index >= 15 is 0 Å². The van der Waals surface area contributed by atoms with Crippen LogP contribution in [0.15, 0.2) is 41.7 Å². The number of aromatic nitrogens is 3. The number of pyridine rings is 1. The van der Waals surface area contributed by atoms with E-state index in [1.807, 2.05) is 6.07 Å². The monoisotopic (exact) mass is 504 g/mol. The summed E-state index contributed by atoms with van der Waals surface area (Å²) in [7, 11) is 0. The van der Waals surface area contributed by atoms with Crippen molar-refractivity contribution in [1.29, 1.82) is 0 Å². The number of hydrogen-bond donors (Lipinski definition) is 1. The van der Waals surface area contributed by atoms with Crippen molar-refractivity contribution in [2.75, 3.05) is 5.75 Å². The Morgan fingerprint density at radius 2 is 1.97 bits per heavy atom. The molecule has 0 spiro atoms. The van der Waals surface area contributed by atoms with Gasteiger partial charge in [-0.3, -0.25) is 4.79 Å². The number of thioether (sulfide) groups is 1. The van der Waals surface area contributed by atoms with E-state index in [9.17, 15) is 4.79 Å². The van der Waals surface area contributed by atoms with E-state index in [1.54, 1.807) is 17.7 Å². The SMILES string of the molecule is CCCCc1nc2sc3c(SCC(=O)N[C@@H](C)CCc4ccccc4)ncnc3c2c2c1CCC2. The number of aryl methyl sites for hydroxylation is 3. The molecule has 0 radical (unpaired) electrons. The highest BCUT2D eigenvalue weighted by molar-refractivity contribution is 8.00. The number of benzene rings is 1. The minimum Gasteiger partial charge on any atom is -0.353 e. The highest BCUT2D eigenvalue weighted by Gasteiger charge is 2.24. The summed E-state index contributed by atoms with van der Waals surface area (Å²) >= 11 is 3.19. The summed E-state index contributed by atoms with van der Waals surface area (Å²) < 4.78 is 1.06. The Morgan fingerprint density at radius 1 is 1.14 bits per heavy atom. The second kappa shape index (κ2) is 11.0. The summed E-state index contributed by atoms with van der Waals surface area (Å²) in [6.07, 6.45) is 10.4. The van der Waals surface area contributed by atoms with Gasteiger partial charge in [0.15, 0.2) is 0 Å². The highest BCUT2D eigenvalue weighted by Crippen LogP contribution is 2.42. The number of carbonyl (C=O) groups excluding carboxylic acids is 1. The normalized spacial score (nSPS) is 13.9. The lowest BCUT2D eigenvalue weighted by molar-refractivity contribution is -0.119. The van der Waals surface area contributed by atoms with Crippen LogP contribution in [0.3, 0.4) is 0 Å². The minimum absolute atomic E-state index is 0.0457. The van der Waals surface area contributed by atoms with Crippen LogP contribution in [0.1, 0.15) is 61.9 Å². The number of fused-ring (bicyclic) bond motifs is 5. The first-order valence-corrected chi connectivity index (χ1v) is 14.5. The average Bonchev–Trinajstić information content (AvgIpc) is 3.50. The van der Waals surface area contributed by atoms with Crippen LogP contribution in [0.5, 0.6) is 0 Å². The topological polar surface area (TPSA) is 67.8 Å². The Labute approximate surface area is 215 Å². The summed E-state index contributed by atoms with van der Waals surface area (Å²) in [6, 6.07) is 10.5. The number of thiophene rings is 1. The smallest absolute Gasteiger partial charge is 0.230 e. The zero-order valence-electron chi connectivity index (χ0n) is 20.5. The lowest BCUT2D eigenvalue weighted by Gasteiger charge is -2.13. The first kappa shape index (κ1) is 24.2. The van der Waals surface area contributed by atoms with E-state index in [1.165, 1.54) is 58.8 Å². The zero-order chi connectivity index (χ0) is 24.2. The number of unbranched alkanes of at least 4 members (excludes halogenated alkanes) is 1. The van der Waals surface area contributed by atoms with Crippen molar-refractivity contribution >= 4 is 49.4 Å². The first-order valence-electron chi connectivity index (χ1n) is 12.7. The third-order valence-corrected chi connectivity index (χ3v) is 8.95. The molecule has 35 heavy (non-hydrogen) atoms. The Hall–Kier alpha value is -2.51. The van der Waals surface area contributed by atoms with Gasteiger partial charge in [0.1, 0.15) is 16.2 Å². The molecular formula is C28H32N4OS2. The third kappa shape index (κ3) is 5.36. The lowest BCUT2D eigenvalue weighted by Crippen LogP contribution is -2.34. The maximum Gasteiger partial charge on any atom is 0.230 e.